The smallest absolute Gasteiger partial charge is 0.262 e. The Labute approximate surface area is 195 Å². The van der Waals surface area contributed by atoms with Gasteiger partial charge in [-0.3, -0.25) is 4.79 Å². The summed E-state index contributed by atoms with van der Waals surface area (Å²) in [4.78, 5) is 12.5. The molecule has 31 heavy (non-hydrogen) atoms. The van der Waals surface area contributed by atoms with Crippen LogP contribution in [0.25, 0.3) is 0 Å². The molecule has 0 unspecified atom stereocenters. The third-order valence-corrected chi connectivity index (χ3v) is 7.17. The highest BCUT2D eigenvalue weighted by molar-refractivity contribution is 6.37. The van der Waals surface area contributed by atoms with Gasteiger partial charge in [0.1, 0.15) is 5.75 Å². The molecule has 0 atom stereocenters. The molecule has 0 radical (unpaired) electrons. The second-order valence-electron chi connectivity index (χ2n) is 9.22. The van der Waals surface area contributed by atoms with Crippen LogP contribution in [0, 0.1) is 6.92 Å². The van der Waals surface area contributed by atoms with Gasteiger partial charge < -0.3 is 15.2 Å². The lowest BCUT2D eigenvalue weighted by Gasteiger charge is -2.30. The first-order valence-electron chi connectivity index (χ1n) is 10.6. The van der Waals surface area contributed by atoms with Crippen molar-refractivity contribution in [2.24, 2.45) is 0 Å². The van der Waals surface area contributed by atoms with Gasteiger partial charge in [-0.1, -0.05) is 76.9 Å². The predicted octanol–water partition coefficient (Wildman–Crippen LogP) is 7.40. The highest BCUT2D eigenvalue weighted by atomic mass is 35.5. The fourth-order valence-corrected chi connectivity index (χ4v) is 3.58. The van der Waals surface area contributed by atoms with E-state index in [0.717, 1.165) is 18.4 Å². The van der Waals surface area contributed by atoms with E-state index in [0.29, 0.717) is 16.3 Å². The zero-order chi connectivity index (χ0) is 23.6. The van der Waals surface area contributed by atoms with Crippen LogP contribution in [0.5, 0.6) is 11.5 Å². The molecule has 0 aromatic heterocycles. The van der Waals surface area contributed by atoms with E-state index in [1.165, 1.54) is 11.6 Å². The van der Waals surface area contributed by atoms with Gasteiger partial charge in [-0.2, -0.15) is 0 Å². The van der Waals surface area contributed by atoms with Gasteiger partial charge in [-0.05, 0) is 53.9 Å². The van der Waals surface area contributed by atoms with Gasteiger partial charge >= 0.3 is 0 Å². The number of phenols is 1. The minimum atomic E-state index is -0.412. The molecule has 1 amide bonds. The van der Waals surface area contributed by atoms with Crippen molar-refractivity contribution in [2.45, 2.75) is 72.1 Å². The summed E-state index contributed by atoms with van der Waals surface area (Å²) in [7, 11) is 0. The highest BCUT2D eigenvalue weighted by Gasteiger charge is 2.27. The van der Waals surface area contributed by atoms with Crippen LogP contribution in [0.2, 0.25) is 10.0 Å². The first-order chi connectivity index (χ1) is 14.3. The molecule has 2 rings (SSSR count). The summed E-state index contributed by atoms with van der Waals surface area (Å²) in [6, 6.07) is 7.69. The third kappa shape index (κ3) is 5.67. The summed E-state index contributed by atoms with van der Waals surface area (Å²) in [5.41, 5.74) is 2.97. The van der Waals surface area contributed by atoms with Gasteiger partial charge in [0, 0.05) is 10.6 Å². The molecule has 0 aliphatic carbocycles. The second-order valence-corrected chi connectivity index (χ2v) is 10.0. The molecule has 4 nitrogen and oxygen atoms in total. The molecule has 2 aromatic carbocycles. The molecule has 0 spiro atoms. The van der Waals surface area contributed by atoms with Crippen molar-refractivity contribution in [1.29, 1.82) is 0 Å². The summed E-state index contributed by atoms with van der Waals surface area (Å²) in [5.74, 6) is 0.0576. The van der Waals surface area contributed by atoms with E-state index in [1.54, 1.807) is 6.92 Å². The lowest BCUT2D eigenvalue weighted by atomic mass is 9.76. The first kappa shape index (κ1) is 25.4. The Bertz CT molecular complexity index is 968. The number of ether oxygens (including phenoxy) is 1. The lowest BCUT2D eigenvalue weighted by Crippen LogP contribution is -2.24. The van der Waals surface area contributed by atoms with Gasteiger partial charge in [-0.15, -0.1) is 0 Å². The number of nitrogens with one attached hydrogen (secondary N) is 1. The van der Waals surface area contributed by atoms with Gasteiger partial charge in [0.2, 0.25) is 0 Å². The maximum absolute atomic E-state index is 12.5. The molecule has 2 N–H and O–H groups in total. The van der Waals surface area contributed by atoms with Gasteiger partial charge in [0.25, 0.3) is 5.91 Å². The number of anilines is 1. The van der Waals surface area contributed by atoms with Gasteiger partial charge in [-0.25, -0.2) is 0 Å². The maximum atomic E-state index is 12.5. The number of aromatic hydroxyl groups is 1. The van der Waals surface area contributed by atoms with E-state index >= 15 is 0 Å². The Morgan fingerprint density at radius 3 is 2.26 bits per heavy atom. The summed E-state index contributed by atoms with van der Waals surface area (Å²) < 4.78 is 5.93. The summed E-state index contributed by atoms with van der Waals surface area (Å²) >= 11 is 12.2. The molecule has 2 aromatic rings. The topological polar surface area (TPSA) is 58.6 Å². The molecule has 0 aliphatic rings. The van der Waals surface area contributed by atoms with Crippen LogP contribution in [0.3, 0.4) is 0 Å². The quantitative estimate of drug-likeness (QED) is 0.399. The first-order valence-corrected chi connectivity index (χ1v) is 11.3. The zero-order valence-corrected chi connectivity index (χ0v) is 21.0. The van der Waals surface area contributed by atoms with Crippen molar-refractivity contribution in [3.8, 4) is 11.5 Å². The van der Waals surface area contributed by atoms with Crippen LogP contribution in [0.4, 0.5) is 5.69 Å². The fourth-order valence-electron chi connectivity index (χ4n) is 3.13. The second kappa shape index (κ2) is 9.70. The SMILES string of the molecule is CCC(C)(C)c1ccc(OCC(=O)Nc2cc(Cl)c(C)c(Cl)c2O)c(C(C)(C)CC)c1. The van der Waals surface area contributed by atoms with E-state index in [-0.39, 0.29) is 33.9 Å². The molecule has 0 saturated carbocycles. The Balaban J connectivity index is 2.26. The molecular weight excluding hydrogens is 433 g/mol. The molecule has 0 saturated heterocycles. The van der Waals surface area contributed by atoms with Crippen LogP contribution in [0.1, 0.15) is 71.1 Å². The summed E-state index contributed by atoms with van der Waals surface area (Å²) in [6.45, 7) is 14.6. The molecule has 0 aliphatic heterocycles. The van der Waals surface area contributed by atoms with Crippen molar-refractivity contribution in [1.82, 2.24) is 0 Å². The molecule has 6 heteroatoms. The Morgan fingerprint density at radius 1 is 1.06 bits per heavy atom. The predicted molar refractivity (Wildman–Crippen MR) is 130 cm³/mol. The van der Waals surface area contributed by atoms with E-state index in [9.17, 15) is 9.90 Å². The standard InChI is InChI=1S/C25H33Cl2NO3/c1-8-24(4,5)16-10-11-20(17(12-16)25(6,7)9-2)31-14-21(29)28-19-13-18(26)15(3)22(27)23(19)30/h10-13,30H,8-9,14H2,1-7H3,(H,28,29). The van der Waals surface area contributed by atoms with Crippen LogP contribution in [0.15, 0.2) is 24.3 Å². The molecule has 0 heterocycles. The average molecular weight is 466 g/mol. The number of carbonyl (C=O) groups is 1. The number of amides is 1. The van der Waals surface area contributed by atoms with E-state index in [4.69, 9.17) is 27.9 Å². The van der Waals surface area contributed by atoms with Crippen molar-refractivity contribution >= 4 is 34.8 Å². The van der Waals surface area contributed by atoms with Gasteiger partial charge in [0.05, 0.1) is 10.7 Å². The highest BCUT2D eigenvalue weighted by Crippen LogP contribution is 2.40. The van der Waals surface area contributed by atoms with Crippen molar-refractivity contribution < 1.29 is 14.6 Å². The average Bonchev–Trinajstić information content (AvgIpc) is 2.74. The van der Waals surface area contributed by atoms with Crippen LogP contribution in [-0.4, -0.2) is 17.6 Å². The number of phenolic OH excluding ortho intramolecular Hbond substituents is 1. The normalized spacial score (nSPS) is 12.0. The summed E-state index contributed by atoms with van der Waals surface area (Å²) in [5, 5.41) is 13.3. The largest absolute Gasteiger partial charge is 0.504 e. The number of hydrogen-bond acceptors (Lipinski definition) is 3. The molecule has 170 valence electrons. The monoisotopic (exact) mass is 465 g/mol. The number of hydrogen-bond donors (Lipinski definition) is 2. The van der Waals surface area contributed by atoms with E-state index in [2.05, 4.69) is 59.0 Å². The lowest BCUT2D eigenvalue weighted by molar-refractivity contribution is -0.118. The Kier molecular flexibility index (Phi) is 7.94. The molecule has 0 bridgehead atoms. The number of carbonyl (C=O) groups excluding carboxylic acids is 1. The van der Waals surface area contributed by atoms with Crippen molar-refractivity contribution in [3.63, 3.8) is 0 Å². The fraction of sp³-hybridized carbons (Fsp3) is 0.480. The molecule has 0 fully saturated rings. The van der Waals surface area contributed by atoms with Crippen molar-refractivity contribution in [3.05, 3.63) is 51.0 Å². The van der Waals surface area contributed by atoms with E-state index in [1.807, 2.05) is 6.07 Å². The van der Waals surface area contributed by atoms with Crippen LogP contribution >= 0.6 is 23.2 Å². The minimum Gasteiger partial charge on any atom is -0.504 e. The Hall–Kier alpha value is -1.91. The number of benzene rings is 2. The van der Waals surface area contributed by atoms with Crippen molar-refractivity contribution in [2.75, 3.05) is 11.9 Å². The van der Waals surface area contributed by atoms with E-state index < -0.39 is 5.91 Å². The Morgan fingerprint density at radius 2 is 1.68 bits per heavy atom. The number of halogens is 2. The molecular formula is C25H33Cl2NO3. The zero-order valence-electron chi connectivity index (χ0n) is 19.5. The maximum Gasteiger partial charge on any atom is 0.262 e. The minimum absolute atomic E-state index is 0.0516. The van der Waals surface area contributed by atoms with Gasteiger partial charge in [0.15, 0.2) is 12.4 Å². The third-order valence-electron chi connectivity index (χ3n) is 6.31. The van der Waals surface area contributed by atoms with Crippen LogP contribution in [-0.2, 0) is 15.6 Å². The summed E-state index contributed by atoms with van der Waals surface area (Å²) in [6.07, 6.45) is 1.95. The number of rotatable bonds is 8. The van der Waals surface area contributed by atoms with Crippen LogP contribution < -0.4 is 10.1 Å².